The first-order valence-corrected chi connectivity index (χ1v) is 4.35. The molecule has 1 aromatic heterocycles. The summed E-state index contributed by atoms with van der Waals surface area (Å²) in [7, 11) is 0. The molecule has 1 N–H and O–H groups in total. The minimum absolute atomic E-state index is 0.0800. The molecule has 4 nitrogen and oxygen atoms in total. The Labute approximate surface area is 86.6 Å². The van der Waals surface area contributed by atoms with E-state index in [1.165, 1.54) is 6.33 Å². The van der Waals surface area contributed by atoms with Gasteiger partial charge in [0.05, 0.1) is 6.33 Å². The fourth-order valence-corrected chi connectivity index (χ4v) is 1.04. The summed E-state index contributed by atoms with van der Waals surface area (Å²) in [6, 6.07) is 0. The van der Waals surface area contributed by atoms with Gasteiger partial charge in [-0.1, -0.05) is 17.5 Å². The molecule has 0 saturated heterocycles. The molecular formula is C9H9ClN2O2. The summed E-state index contributed by atoms with van der Waals surface area (Å²) < 4.78 is 4.94. The molecule has 1 rings (SSSR count). The zero-order valence-electron chi connectivity index (χ0n) is 7.80. The van der Waals surface area contributed by atoms with Crippen molar-refractivity contribution in [2.45, 2.75) is 20.0 Å². The van der Waals surface area contributed by atoms with Crippen molar-refractivity contribution >= 4 is 17.6 Å². The highest BCUT2D eigenvalue weighted by Crippen LogP contribution is 2.11. The van der Waals surface area contributed by atoms with Crippen LogP contribution in [0.5, 0.6) is 0 Å². The molecule has 0 amide bonds. The van der Waals surface area contributed by atoms with Gasteiger partial charge < -0.3 is 9.72 Å². The third kappa shape index (κ3) is 2.51. The van der Waals surface area contributed by atoms with Crippen LogP contribution in [0.1, 0.15) is 24.3 Å². The highest BCUT2D eigenvalue weighted by Gasteiger charge is 2.16. The summed E-state index contributed by atoms with van der Waals surface area (Å²) in [4.78, 5) is 17.6. The predicted molar refractivity (Wildman–Crippen MR) is 51.9 cm³/mol. The minimum Gasteiger partial charge on any atom is -0.445 e. The van der Waals surface area contributed by atoms with Gasteiger partial charge in [0, 0.05) is 0 Å². The van der Waals surface area contributed by atoms with Gasteiger partial charge >= 0.3 is 5.97 Å². The van der Waals surface area contributed by atoms with Gasteiger partial charge in [0.1, 0.15) is 5.15 Å². The minimum atomic E-state index is -0.577. The summed E-state index contributed by atoms with van der Waals surface area (Å²) in [5.74, 6) is 4.75. The van der Waals surface area contributed by atoms with E-state index in [0.29, 0.717) is 0 Å². The number of hydrogen-bond acceptors (Lipinski definition) is 3. The molecule has 14 heavy (non-hydrogen) atoms. The number of nitrogens with zero attached hydrogens (tertiary/aromatic N) is 1. The van der Waals surface area contributed by atoms with Gasteiger partial charge in [-0.2, -0.15) is 0 Å². The Morgan fingerprint density at radius 1 is 1.79 bits per heavy atom. The maximum Gasteiger partial charge on any atom is 0.361 e. The number of halogens is 1. The van der Waals surface area contributed by atoms with E-state index >= 15 is 0 Å². The van der Waals surface area contributed by atoms with Gasteiger partial charge in [0.15, 0.2) is 11.8 Å². The van der Waals surface area contributed by atoms with E-state index in [9.17, 15) is 4.79 Å². The Bertz CT molecular complexity index is 389. The van der Waals surface area contributed by atoms with E-state index in [4.69, 9.17) is 16.3 Å². The Morgan fingerprint density at radius 3 is 3.00 bits per heavy atom. The van der Waals surface area contributed by atoms with Crippen LogP contribution in [-0.4, -0.2) is 22.0 Å². The van der Waals surface area contributed by atoms with Crippen LogP contribution in [0.2, 0.25) is 5.15 Å². The lowest BCUT2D eigenvalue weighted by Gasteiger charge is -2.04. The average Bonchev–Trinajstić information content (AvgIpc) is 2.51. The molecule has 5 heteroatoms. The number of imidazole rings is 1. The van der Waals surface area contributed by atoms with Crippen molar-refractivity contribution in [3.8, 4) is 11.8 Å². The third-order valence-corrected chi connectivity index (χ3v) is 1.71. The van der Waals surface area contributed by atoms with Crippen LogP contribution < -0.4 is 0 Å². The Kier molecular flexibility index (Phi) is 3.55. The van der Waals surface area contributed by atoms with Crippen LogP contribution in [0, 0.1) is 11.8 Å². The topological polar surface area (TPSA) is 55.0 Å². The number of hydrogen-bond donors (Lipinski definition) is 1. The second-order valence-electron chi connectivity index (χ2n) is 2.51. The normalized spacial score (nSPS) is 11.4. The Balaban J connectivity index is 2.67. The van der Waals surface area contributed by atoms with E-state index < -0.39 is 12.1 Å². The number of nitrogens with one attached hydrogen (secondary N) is 1. The number of aromatic amines is 1. The number of H-pyrrole nitrogens is 1. The van der Waals surface area contributed by atoms with Crippen molar-refractivity contribution < 1.29 is 9.53 Å². The molecule has 0 saturated carbocycles. The molecule has 0 spiro atoms. The molecule has 1 heterocycles. The summed E-state index contributed by atoms with van der Waals surface area (Å²) in [6.07, 6.45) is 0.870. The number of esters is 1. The van der Waals surface area contributed by atoms with E-state index in [2.05, 4.69) is 21.8 Å². The highest BCUT2D eigenvalue weighted by molar-refractivity contribution is 6.32. The molecule has 0 radical (unpaired) electrons. The molecule has 0 aliphatic carbocycles. The van der Waals surface area contributed by atoms with Gasteiger partial charge in [-0.05, 0) is 13.8 Å². The zero-order valence-corrected chi connectivity index (χ0v) is 8.55. The standard InChI is InChI=1S/C9H9ClN2O2/c1-3-4-6(2)14-9(13)7-8(10)12-5-11-7/h5-6H,1-2H3,(H,11,12). The van der Waals surface area contributed by atoms with E-state index in [-0.39, 0.29) is 10.8 Å². The molecular weight excluding hydrogens is 204 g/mol. The lowest BCUT2D eigenvalue weighted by Crippen LogP contribution is -2.13. The Morgan fingerprint density at radius 2 is 2.50 bits per heavy atom. The quantitative estimate of drug-likeness (QED) is 0.599. The lowest BCUT2D eigenvalue weighted by molar-refractivity contribution is 0.0432. The van der Waals surface area contributed by atoms with Crippen molar-refractivity contribution in [1.82, 2.24) is 9.97 Å². The summed E-state index contributed by atoms with van der Waals surface area (Å²) in [5.41, 5.74) is 0.0800. The monoisotopic (exact) mass is 212 g/mol. The first-order chi connectivity index (χ1) is 6.65. The molecule has 0 aliphatic heterocycles. The SMILES string of the molecule is CC#CC(C)OC(=O)c1nc[nH]c1Cl. The van der Waals surface area contributed by atoms with Crippen LogP contribution >= 0.6 is 11.6 Å². The summed E-state index contributed by atoms with van der Waals surface area (Å²) >= 11 is 5.64. The van der Waals surface area contributed by atoms with Crippen molar-refractivity contribution in [2.75, 3.05) is 0 Å². The average molecular weight is 213 g/mol. The van der Waals surface area contributed by atoms with Crippen LogP contribution in [0.4, 0.5) is 0 Å². The maximum absolute atomic E-state index is 11.4. The summed E-state index contributed by atoms with van der Waals surface area (Å²) in [5, 5.41) is 0.173. The Hall–Kier alpha value is -1.47. The number of rotatable bonds is 2. The van der Waals surface area contributed by atoms with Gasteiger partial charge in [-0.25, -0.2) is 9.78 Å². The number of carbonyl (C=O) groups excluding carboxylic acids is 1. The highest BCUT2D eigenvalue weighted by atomic mass is 35.5. The number of aromatic nitrogens is 2. The number of ether oxygens (including phenoxy) is 1. The first kappa shape index (κ1) is 10.6. The fourth-order valence-electron chi connectivity index (χ4n) is 0.870. The van der Waals surface area contributed by atoms with Crippen LogP contribution in [0.25, 0.3) is 0 Å². The first-order valence-electron chi connectivity index (χ1n) is 3.97. The van der Waals surface area contributed by atoms with Crippen molar-refractivity contribution in [1.29, 1.82) is 0 Å². The molecule has 0 aliphatic rings. The second-order valence-corrected chi connectivity index (χ2v) is 2.88. The molecule has 1 atom stereocenters. The molecule has 74 valence electrons. The van der Waals surface area contributed by atoms with E-state index in [0.717, 1.165) is 0 Å². The second kappa shape index (κ2) is 4.68. The summed E-state index contributed by atoms with van der Waals surface area (Å²) in [6.45, 7) is 3.35. The van der Waals surface area contributed by atoms with Gasteiger partial charge in [0.2, 0.25) is 0 Å². The van der Waals surface area contributed by atoms with E-state index in [1.807, 2.05) is 0 Å². The van der Waals surface area contributed by atoms with Crippen molar-refractivity contribution in [3.05, 3.63) is 17.2 Å². The molecule has 1 unspecified atom stereocenters. The third-order valence-electron chi connectivity index (χ3n) is 1.42. The van der Waals surface area contributed by atoms with Crippen molar-refractivity contribution in [3.63, 3.8) is 0 Å². The van der Waals surface area contributed by atoms with Crippen molar-refractivity contribution in [2.24, 2.45) is 0 Å². The largest absolute Gasteiger partial charge is 0.445 e. The van der Waals surface area contributed by atoms with Crippen LogP contribution in [0.15, 0.2) is 6.33 Å². The molecule has 1 aromatic rings. The van der Waals surface area contributed by atoms with Crippen LogP contribution in [-0.2, 0) is 4.74 Å². The van der Waals surface area contributed by atoms with Gasteiger partial charge in [-0.3, -0.25) is 0 Å². The predicted octanol–water partition coefficient (Wildman–Crippen LogP) is 1.63. The molecule has 0 aromatic carbocycles. The van der Waals surface area contributed by atoms with Crippen LogP contribution in [0.3, 0.4) is 0 Å². The van der Waals surface area contributed by atoms with Gasteiger partial charge in [0.25, 0.3) is 0 Å². The zero-order chi connectivity index (χ0) is 10.6. The van der Waals surface area contributed by atoms with Gasteiger partial charge in [-0.15, -0.1) is 5.92 Å². The van der Waals surface area contributed by atoms with E-state index in [1.54, 1.807) is 13.8 Å². The molecule has 0 fully saturated rings. The maximum atomic E-state index is 11.4. The number of carbonyl (C=O) groups is 1. The smallest absolute Gasteiger partial charge is 0.361 e. The lowest BCUT2D eigenvalue weighted by atomic mass is 10.4. The molecule has 0 bridgehead atoms. The fraction of sp³-hybridized carbons (Fsp3) is 0.333.